The van der Waals surface area contributed by atoms with E-state index in [9.17, 15) is 9.59 Å². The number of benzene rings is 2. The highest BCUT2D eigenvalue weighted by Crippen LogP contribution is 2.67. The third-order valence-corrected chi connectivity index (χ3v) is 15.0. The summed E-state index contributed by atoms with van der Waals surface area (Å²) in [5, 5.41) is 0.442. The predicted octanol–water partition coefficient (Wildman–Crippen LogP) is 11.3. The Kier molecular flexibility index (Phi) is 10.6. The van der Waals surface area contributed by atoms with Crippen LogP contribution in [0.5, 0.6) is 17.2 Å². The number of hydrogen-bond donors (Lipinski definition) is 0. The second-order valence-electron chi connectivity index (χ2n) is 18.7. The topological polar surface area (TPSA) is 84.2 Å². The van der Waals surface area contributed by atoms with Gasteiger partial charge in [0.2, 0.25) is 5.43 Å². The lowest BCUT2D eigenvalue weighted by atomic mass is 9.47. The first kappa shape index (κ1) is 38.1. The zero-order chi connectivity index (χ0) is 38.5. The molecule has 0 saturated heterocycles. The van der Waals surface area contributed by atoms with Crippen LogP contribution in [-0.2, 0) is 9.53 Å². The summed E-state index contributed by atoms with van der Waals surface area (Å²) in [5.74, 6) is 6.75. The van der Waals surface area contributed by atoms with Gasteiger partial charge in [0.05, 0.1) is 24.2 Å². The van der Waals surface area contributed by atoms with Gasteiger partial charge >= 0.3 is 5.97 Å². The molecular formula is C48H62O7. The van der Waals surface area contributed by atoms with Crippen LogP contribution < -0.4 is 19.6 Å². The van der Waals surface area contributed by atoms with Crippen molar-refractivity contribution in [2.45, 2.75) is 125 Å². The number of ether oxygens (including phenoxy) is 4. The number of hydrogen-bond acceptors (Lipinski definition) is 7. The van der Waals surface area contributed by atoms with Crippen LogP contribution in [0.2, 0.25) is 0 Å². The Hall–Kier alpha value is -3.74. The SMILES string of the molecule is Cc1oc2cc(OCC(=O)O[C@H]3CC[C@@]4(C)C(=CC[C@@H]5[C@H]6CC[C@@H]([C@H](C)CCCC(C)C)[C@]6(C)CC[C@H]54)C3)ccc2c(=O)c1-c1ccc2c(c1)OCCCO2. The van der Waals surface area contributed by atoms with Crippen LogP contribution in [0, 0.1) is 53.3 Å². The summed E-state index contributed by atoms with van der Waals surface area (Å²) in [6.07, 6.45) is 16.9. The standard InChI is InChI=1S/C48H62O7/c1-29(2)9-7-10-30(3)38-16-17-39-36-14-12-33-26-35(19-21-47(33,5)40(36)20-22-48(38,39)6)55-44(49)28-53-34-13-15-37-42(27-34)54-31(4)45(46(37)50)32-11-18-41-43(25-32)52-24-8-23-51-41/h11-13,15,18,25,27,29-30,35-36,38-40H,7-10,14,16-17,19-24,26,28H2,1-6H3/t30-,35+,36-,38+,39-,40-,47+,48+/m1/s1. The second kappa shape index (κ2) is 15.3. The maximum atomic E-state index is 13.7. The van der Waals surface area contributed by atoms with E-state index in [4.69, 9.17) is 23.4 Å². The molecule has 7 nitrogen and oxygen atoms in total. The molecule has 7 heteroatoms. The zero-order valence-electron chi connectivity index (χ0n) is 34.0. The highest BCUT2D eigenvalue weighted by atomic mass is 16.6. The first-order chi connectivity index (χ1) is 26.4. The highest BCUT2D eigenvalue weighted by Gasteiger charge is 2.59. The van der Waals surface area contributed by atoms with Gasteiger partial charge in [-0.2, -0.15) is 0 Å². The molecule has 0 spiro atoms. The van der Waals surface area contributed by atoms with Gasteiger partial charge in [0, 0.05) is 18.9 Å². The van der Waals surface area contributed by atoms with Crippen molar-refractivity contribution in [1.29, 1.82) is 0 Å². The predicted molar refractivity (Wildman–Crippen MR) is 217 cm³/mol. The lowest BCUT2D eigenvalue weighted by Crippen LogP contribution is -2.51. The number of carbonyl (C=O) groups is 1. The van der Waals surface area contributed by atoms with E-state index < -0.39 is 0 Å². The molecule has 0 N–H and O–H groups in total. The Morgan fingerprint density at radius 3 is 2.56 bits per heavy atom. The minimum Gasteiger partial charge on any atom is -0.490 e. The van der Waals surface area contributed by atoms with E-state index in [1.807, 2.05) is 18.2 Å². The van der Waals surface area contributed by atoms with Gasteiger partial charge in [-0.15, -0.1) is 0 Å². The van der Waals surface area contributed by atoms with E-state index >= 15 is 0 Å². The summed E-state index contributed by atoms with van der Waals surface area (Å²) in [6.45, 7) is 15.2. The van der Waals surface area contributed by atoms with Crippen molar-refractivity contribution >= 4 is 16.9 Å². The molecule has 8 atom stereocenters. The minimum atomic E-state index is -0.363. The van der Waals surface area contributed by atoms with Crippen LogP contribution >= 0.6 is 0 Å². The fraction of sp³-hybridized carbons (Fsp3) is 0.625. The molecule has 3 fully saturated rings. The molecule has 2 heterocycles. The Labute approximate surface area is 327 Å². The van der Waals surface area contributed by atoms with Crippen LogP contribution in [0.15, 0.2) is 57.3 Å². The van der Waals surface area contributed by atoms with Crippen LogP contribution in [0.1, 0.15) is 117 Å². The number of fused-ring (bicyclic) bond motifs is 7. The summed E-state index contributed by atoms with van der Waals surface area (Å²) in [4.78, 5) is 26.8. The Morgan fingerprint density at radius 1 is 0.927 bits per heavy atom. The molecule has 296 valence electrons. The molecule has 2 aromatic carbocycles. The maximum absolute atomic E-state index is 13.7. The smallest absolute Gasteiger partial charge is 0.344 e. The quantitative estimate of drug-likeness (QED) is 0.151. The van der Waals surface area contributed by atoms with Gasteiger partial charge in [-0.1, -0.05) is 71.6 Å². The molecule has 1 aliphatic heterocycles. The number of aryl methyl sites for hydroxylation is 1. The van der Waals surface area contributed by atoms with Crippen LogP contribution in [0.3, 0.4) is 0 Å². The van der Waals surface area contributed by atoms with Crippen molar-refractivity contribution in [2.75, 3.05) is 19.8 Å². The molecule has 4 aliphatic carbocycles. The third-order valence-electron chi connectivity index (χ3n) is 15.0. The summed E-state index contributed by atoms with van der Waals surface area (Å²) in [7, 11) is 0. The minimum absolute atomic E-state index is 0.121. The lowest BCUT2D eigenvalue weighted by Gasteiger charge is -2.58. The summed E-state index contributed by atoms with van der Waals surface area (Å²) < 4.78 is 29.7. The van der Waals surface area contributed by atoms with Crippen molar-refractivity contribution in [3.05, 3.63) is 64.0 Å². The van der Waals surface area contributed by atoms with Crippen molar-refractivity contribution in [1.82, 2.24) is 0 Å². The molecule has 0 amide bonds. The fourth-order valence-electron chi connectivity index (χ4n) is 12.1. The average Bonchev–Trinajstić information content (AvgIpc) is 3.34. The number of esters is 1. The van der Waals surface area contributed by atoms with Gasteiger partial charge in [0.1, 0.15) is 23.2 Å². The van der Waals surface area contributed by atoms with E-state index in [0.29, 0.717) is 63.7 Å². The van der Waals surface area contributed by atoms with Gasteiger partial charge in [-0.25, -0.2) is 4.79 Å². The van der Waals surface area contributed by atoms with E-state index in [1.165, 1.54) is 56.9 Å². The lowest BCUT2D eigenvalue weighted by molar-refractivity contribution is -0.153. The van der Waals surface area contributed by atoms with Crippen LogP contribution in [-0.4, -0.2) is 31.9 Å². The van der Waals surface area contributed by atoms with Gasteiger partial charge < -0.3 is 23.4 Å². The highest BCUT2D eigenvalue weighted by molar-refractivity contribution is 5.84. The molecule has 55 heavy (non-hydrogen) atoms. The summed E-state index contributed by atoms with van der Waals surface area (Å²) >= 11 is 0. The van der Waals surface area contributed by atoms with E-state index in [1.54, 1.807) is 25.1 Å². The average molecular weight is 751 g/mol. The monoisotopic (exact) mass is 750 g/mol. The Morgan fingerprint density at radius 2 is 1.75 bits per heavy atom. The fourth-order valence-corrected chi connectivity index (χ4v) is 12.1. The first-order valence-corrected chi connectivity index (χ1v) is 21.4. The van der Waals surface area contributed by atoms with Crippen molar-refractivity contribution in [3.63, 3.8) is 0 Å². The second-order valence-corrected chi connectivity index (χ2v) is 18.7. The van der Waals surface area contributed by atoms with Gasteiger partial charge in [0.25, 0.3) is 0 Å². The first-order valence-electron chi connectivity index (χ1n) is 21.4. The molecule has 0 bridgehead atoms. The number of carbonyl (C=O) groups excluding carboxylic acids is 1. The zero-order valence-corrected chi connectivity index (χ0v) is 34.0. The van der Waals surface area contributed by atoms with Crippen molar-refractivity contribution in [3.8, 4) is 28.4 Å². The molecule has 8 rings (SSSR count). The summed E-state index contributed by atoms with van der Waals surface area (Å²) in [5.41, 5.74) is 3.69. The van der Waals surface area contributed by atoms with Crippen molar-refractivity contribution < 1.29 is 28.2 Å². The van der Waals surface area contributed by atoms with Gasteiger partial charge in [-0.3, -0.25) is 4.79 Å². The largest absolute Gasteiger partial charge is 0.490 e. The number of rotatable bonds is 10. The summed E-state index contributed by atoms with van der Waals surface area (Å²) in [6, 6.07) is 10.6. The Bertz CT molecular complexity index is 1990. The van der Waals surface area contributed by atoms with Crippen LogP contribution in [0.25, 0.3) is 22.1 Å². The molecule has 0 radical (unpaired) electrons. The van der Waals surface area contributed by atoms with Gasteiger partial charge in [0.15, 0.2) is 18.1 Å². The molecule has 0 unspecified atom stereocenters. The van der Waals surface area contributed by atoms with Crippen LogP contribution in [0.4, 0.5) is 0 Å². The molecular weight excluding hydrogens is 689 g/mol. The normalized spacial score (nSPS) is 30.5. The molecule has 1 aromatic heterocycles. The molecule has 5 aliphatic rings. The van der Waals surface area contributed by atoms with Crippen molar-refractivity contribution in [2.24, 2.45) is 46.3 Å². The molecule has 3 saturated carbocycles. The van der Waals surface area contributed by atoms with E-state index in [2.05, 4.69) is 40.7 Å². The maximum Gasteiger partial charge on any atom is 0.344 e. The van der Waals surface area contributed by atoms with E-state index in [0.717, 1.165) is 61.2 Å². The number of allylic oxidation sites excluding steroid dienone is 1. The molecule has 3 aromatic rings. The Balaban J connectivity index is 0.878. The third kappa shape index (κ3) is 7.23. The van der Waals surface area contributed by atoms with Gasteiger partial charge in [-0.05, 0) is 128 Å². The van der Waals surface area contributed by atoms with E-state index in [-0.39, 0.29) is 29.5 Å².